The number of aromatic nitrogens is 2. The van der Waals surface area contributed by atoms with Crippen LogP contribution in [-0.2, 0) is 36.9 Å². The quantitative estimate of drug-likeness (QED) is 0.0671. The maximum atomic E-state index is 15.7. The van der Waals surface area contributed by atoms with E-state index in [4.69, 9.17) is 4.74 Å². The smallest absolute Gasteiger partial charge is 0.249 e. The van der Waals surface area contributed by atoms with Crippen LogP contribution in [-0.4, -0.2) is 182 Å². The van der Waals surface area contributed by atoms with Crippen molar-refractivity contribution in [1.29, 1.82) is 0 Å². The number of nitrogens with one attached hydrogen (secondary N) is 5. The zero-order valence-electron chi connectivity index (χ0n) is 45.6. The molecule has 0 bridgehead atoms. The summed E-state index contributed by atoms with van der Waals surface area (Å²) >= 11 is 0. The van der Waals surface area contributed by atoms with Crippen molar-refractivity contribution in [3.05, 3.63) is 77.6 Å². The van der Waals surface area contributed by atoms with E-state index < -0.39 is 35.2 Å². The number of halogens is 2. The number of piperidine rings is 2. The van der Waals surface area contributed by atoms with Crippen molar-refractivity contribution in [2.75, 3.05) is 127 Å². The third-order valence-corrected chi connectivity index (χ3v) is 15.5. The normalized spacial score (nSPS) is 19.5. The number of aliphatic hydroxyl groups excluding tert-OH is 1. The molecule has 3 aromatic rings. The first-order chi connectivity index (χ1) is 36.4. The van der Waals surface area contributed by atoms with Gasteiger partial charge in [-0.05, 0) is 86.9 Å². The summed E-state index contributed by atoms with van der Waals surface area (Å²) in [6.45, 7) is 20.6. The number of hydrogen-bond acceptors (Lipinski definition) is 14. The van der Waals surface area contributed by atoms with Crippen molar-refractivity contribution >= 4 is 41.0 Å². The Morgan fingerprint density at radius 2 is 1.51 bits per heavy atom. The van der Waals surface area contributed by atoms with E-state index in [1.165, 1.54) is 18.5 Å². The fourth-order valence-corrected chi connectivity index (χ4v) is 10.7. The summed E-state index contributed by atoms with van der Waals surface area (Å²) in [6, 6.07) is 13.4. The van der Waals surface area contributed by atoms with Crippen LogP contribution in [0.4, 0.5) is 26.1 Å². The zero-order valence-corrected chi connectivity index (χ0v) is 45.6. The fourth-order valence-electron chi connectivity index (χ4n) is 10.7. The largest absolute Gasteiger partial charge is 0.383 e. The van der Waals surface area contributed by atoms with Gasteiger partial charge in [0.2, 0.25) is 23.6 Å². The minimum atomic E-state index is -1.23. The molecule has 0 radical (unpaired) electrons. The van der Waals surface area contributed by atoms with E-state index in [9.17, 15) is 24.3 Å². The Morgan fingerprint density at radius 3 is 2.22 bits per heavy atom. The van der Waals surface area contributed by atoms with Crippen LogP contribution in [0.5, 0.6) is 0 Å². The van der Waals surface area contributed by atoms with Crippen molar-refractivity contribution in [1.82, 2.24) is 45.9 Å². The summed E-state index contributed by atoms with van der Waals surface area (Å²) in [6.07, 6.45) is 5.22. The predicted octanol–water partition coefficient (Wildman–Crippen LogP) is 3.79. The van der Waals surface area contributed by atoms with Crippen molar-refractivity contribution in [3.8, 4) is 0 Å². The molecule has 5 heterocycles. The summed E-state index contributed by atoms with van der Waals surface area (Å²) in [5, 5.41) is 26.0. The molecule has 20 heteroatoms. The number of likely N-dealkylation sites (tertiary alicyclic amines) is 1. The number of ether oxygens (including phenoxy) is 1. The average Bonchev–Trinajstić information content (AvgIpc) is 3.39. The molecule has 1 aromatic heterocycles. The zero-order chi connectivity index (χ0) is 54.2. The number of rotatable bonds is 25. The van der Waals surface area contributed by atoms with E-state index in [2.05, 4.69) is 70.0 Å². The molecule has 0 unspecified atom stereocenters. The van der Waals surface area contributed by atoms with Crippen molar-refractivity contribution in [2.45, 2.75) is 104 Å². The number of amides is 4. The van der Waals surface area contributed by atoms with Gasteiger partial charge in [-0.3, -0.25) is 33.9 Å². The monoisotopic (exact) mass is 1060 g/mol. The number of benzene rings is 2. The van der Waals surface area contributed by atoms with Crippen LogP contribution in [0.2, 0.25) is 0 Å². The molecule has 2 aromatic carbocycles. The summed E-state index contributed by atoms with van der Waals surface area (Å²) in [7, 11) is 0. The van der Waals surface area contributed by atoms with Gasteiger partial charge >= 0.3 is 0 Å². The van der Waals surface area contributed by atoms with Gasteiger partial charge in [0.05, 0.1) is 24.4 Å². The van der Waals surface area contributed by atoms with Crippen LogP contribution in [0.3, 0.4) is 0 Å². The molecular weight excluding hydrogens is 975 g/mol. The first-order valence-electron chi connectivity index (χ1n) is 27.6. The van der Waals surface area contributed by atoms with Crippen LogP contribution in [0.25, 0.3) is 0 Å². The van der Waals surface area contributed by atoms with Crippen molar-refractivity contribution in [2.24, 2.45) is 17.3 Å². The maximum Gasteiger partial charge on any atom is 0.249 e. The molecule has 418 valence electrons. The molecule has 1 spiro atoms. The SMILES string of the molecule is CC(C)C[C@H](NC(=O)[C@@H](O)[C@H](C)Cc1ccccc1)C(=O)NCCN1CCN(CCOCC(=O)NCCCNc2cc(N3CCC4(CC3)CN(c3cc(F)c(CN5CCC(C)(C)CC5)cc3F)CC(=O)N4)ncn2)CC1. The highest BCUT2D eigenvalue weighted by Crippen LogP contribution is 2.34. The number of aliphatic hydroxyl groups is 1. The Labute approximate surface area is 448 Å². The highest BCUT2D eigenvalue weighted by Gasteiger charge is 2.42. The molecule has 4 fully saturated rings. The third kappa shape index (κ3) is 17.5. The highest BCUT2D eigenvalue weighted by atomic mass is 19.1. The molecule has 4 aliphatic heterocycles. The van der Waals surface area contributed by atoms with Gasteiger partial charge in [0, 0.05) is 103 Å². The van der Waals surface area contributed by atoms with E-state index >= 15 is 8.78 Å². The van der Waals surface area contributed by atoms with E-state index in [1.54, 1.807) is 4.90 Å². The Balaban J connectivity index is 0.727. The molecule has 3 atom stereocenters. The highest BCUT2D eigenvalue weighted by molar-refractivity contribution is 5.89. The van der Waals surface area contributed by atoms with Crippen molar-refractivity contribution < 1.29 is 37.8 Å². The van der Waals surface area contributed by atoms with Gasteiger partial charge in [0.15, 0.2) is 0 Å². The van der Waals surface area contributed by atoms with Crippen LogP contribution >= 0.6 is 0 Å². The lowest BCUT2D eigenvalue weighted by Gasteiger charge is -2.48. The standard InChI is InChI=1S/C56H84F2N12O6/c1-40(2)30-46(64-54(75)52(73)41(3)31-42-10-7-6-8-11-42)53(74)61-18-23-66-24-26-67(27-25-66)28-29-76-37-51(72)60-17-9-16-59-48-34-49(63-39-62-48)69-21-14-56(15-22-69)38-70(36-50(71)65-56)47-33-44(57)43(32-45(47)58)35-68-19-12-55(4,5)13-20-68/h6-8,10-11,32-34,39-41,46,52,73H,9,12-31,35-38H2,1-5H3,(H,60,72)(H,61,74)(H,64,75)(H,65,71)(H,59,62,63)/t41-,46+,52+/m1/s1. The van der Waals surface area contributed by atoms with Gasteiger partial charge < -0.3 is 46.2 Å². The molecule has 6 N–H and O–H groups in total. The lowest BCUT2D eigenvalue weighted by Crippen LogP contribution is -2.66. The first-order valence-corrected chi connectivity index (χ1v) is 27.6. The third-order valence-electron chi connectivity index (χ3n) is 15.5. The summed E-state index contributed by atoms with van der Waals surface area (Å²) in [4.78, 5) is 71.3. The Bertz CT molecular complexity index is 2360. The lowest BCUT2D eigenvalue weighted by atomic mass is 9.82. The number of piperazine rings is 2. The number of nitrogens with zero attached hydrogens (tertiary/aromatic N) is 7. The second-order valence-corrected chi connectivity index (χ2v) is 22.7. The van der Waals surface area contributed by atoms with E-state index in [0.29, 0.717) is 109 Å². The van der Waals surface area contributed by atoms with Crippen LogP contribution < -0.4 is 36.4 Å². The summed E-state index contributed by atoms with van der Waals surface area (Å²) in [5.41, 5.74) is 1.18. The van der Waals surface area contributed by atoms with E-state index in [1.807, 2.05) is 57.2 Å². The molecule has 7 rings (SSSR count). The number of carbonyl (C=O) groups is 4. The van der Waals surface area contributed by atoms with Crippen LogP contribution in [0.1, 0.15) is 84.3 Å². The molecule has 0 saturated carbocycles. The minimum absolute atomic E-state index is 0.0223. The fraction of sp³-hybridized carbons (Fsp3) is 0.643. The summed E-state index contributed by atoms with van der Waals surface area (Å²) in [5.74, 6) is -0.864. The van der Waals surface area contributed by atoms with Crippen LogP contribution in [0.15, 0.2) is 54.9 Å². The molecule has 0 aliphatic carbocycles. The molecule has 4 saturated heterocycles. The second kappa shape index (κ2) is 27.7. The predicted molar refractivity (Wildman–Crippen MR) is 291 cm³/mol. The molecular formula is C56H84F2N12O6. The first kappa shape index (κ1) is 58.1. The van der Waals surface area contributed by atoms with Crippen molar-refractivity contribution in [3.63, 3.8) is 0 Å². The van der Waals surface area contributed by atoms with Gasteiger partial charge in [-0.25, -0.2) is 18.7 Å². The maximum absolute atomic E-state index is 15.7. The van der Waals surface area contributed by atoms with Gasteiger partial charge in [-0.2, -0.15) is 0 Å². The summed E-state index contributed by atoms with van der Waals surface area (Å²) < 4.78 is 36.9. The van der Waals surface area contributed by atoms with Gasteiger partial charge in [-0.1, -0.05) is 65.0 Å². The number of anilines is 3. The molecule has 76 heavy (non-hydrogen) atoms. The number of carbonyl (C=O) groups excluding carboxylic acids is 4. The Kier molecular flexibility index (Phi) is 21.2. The molecule has 4 aliphatic rings. The lowest BCUT2D eigenvalue weighted by molar-refractivity contribution is -0.136. The minimum Gasteiger partial charge on any atom is -0.383 e. The molecule has 4 amide bonds. The van der Waals surface area contributed by atoms with E-state index in [-0.39, 0.29) is 53.8 Å². The Hall–Kier alpha value is -5.54. The Morgan fingerprint density at radius 1 is 0.803 bits per heavy atom. The average molecular weight is 1060 g/mol. The second-order valence-electron chi connectivity index (χ2n) is 22.7. The van der Waals surface area contributed by atoms with Gasteiger partial charge in [0.1, 0.15) is 48.4 Å². The van der Waals surface area contributed by atoms with Gasteiger partial charge in [-0.15, -0.1) is 0 Å². The molecule has 18 nitrogen and oxygen atoms in total. The van der Waals surface area contributed by atoms with Crippen LogP contribution in [0, 0.1) is 28.9 Å². The number of hydrogen-bond donors (Lipinski definition) is 6. The van der Waals surface area contributed by atoms with Gasteiger partial charge in [0.25, 0.3) is 0 Å². The van der Waals surface area contributed by atoms with E-state index in [0.717, 1.165) is 63.5 Å². The topological polar surface area (TPSA) is 200 Å².